The normalized spacial score (nSPS) is 14.1. The molecule has 5 nitrogen and oxygen atoms in total. The van der Waals surface area contributed by atoms with Gasteiger partial charge in [0, 0.05) is 45.2 Å². The molecule has 144 valence electrons. The van der Waals surface area contributed by atoms with Crippen LogP contribution in [0, 0.1) is 5.82 Å². The number of rotatable bonds is 7. The first-order valence-corrected chi connectivity index (χ1v) is 9.23. The number of halogens is 1. The van der Waals surface area contributed by atoms with Crippen LogP contribution in [-0.4, -0.2) is 50.2 Å². The molecular weight excluding hydrogens is 347 g/mol. The van der Waals surface area contributed by atoms with Crippen molar-refractivity contribution in [2.24, 2.45) is 0 Å². The van der Waals surface area contributed by atoms with Crippen LogP contribution in [0.4, 0.5) is 10.1 Å². The Morgan fingerprint density at radius 3 is 1.93 bits per heavy atom. The van der Waals surface area contributed by atoms with Crippen molar-refractivity contribution < 1.29 is 18.7 Å². The van der Waals surface area contributed by atoms with E-state index in [0.29, 0.717) is 19.0 Å². The van der Waals surface area contributed by atoms with Gasteiger partial charge in [0.2, 0.25) is 5.91 Å². The van der Waals surface area contributed by atoms with Gasteiger partial charge in [0.05, 0.1) is 13.2 Å². The van der Waals surface area contributed by atoms with Crippen LogP contribution in [0.3, 0.4) is 0 Å². The maximum Gasteiger partial charge on any atom is 0.219 e. The second-order valence-corrected chi connectivity index (χ2v) is 6.49. The summed E-state index contributed by atoms with van der Waals surface area (Å²) in [6, 6.07) is 14.0. The molecule has 1 aliphatic rings. The Bertz CT molecular complexity index is 726. The fourth-order valence-electron chi connectivity index (χ4n) is 3.00. The molecule has 2 aromatic carbocycles. The molecule has 0 aliphatic carbocycles. The zero-order chi connectivity index (χ0) is 19.1. The lowest BCUT2D eigenvalue weighted by Crippen LogP contribution is -2.48. The molecule has 0 saturated carbocycles. The molecule has 0 unspecified atom stereocenters. The maximum absolute atomic E-state index is 12.8. The molecule has 1 saturated heterocycles. The molecule has 2 aromatic rings. The number of nitrogens with zero attached hydrogens (tertiary/aromatic N) is 2. The van der Waals surface area contributed by atoms with E-state index < -0.39 is 0 Å². The quantitative estimate of drug-likeness (QED) is 0.699. The minimum Gasteiger partial charge on any atom is -0.493 e. The van der Waals surface area contributed by atoms with Gasteiger partial charge in [0.25, 0.3) is 0 Å². The minimum atomic E-state index is -0.269. The summed E-state index contributed by atoms with van der Waals surface area (Å²) in [6.45, 7) is 5.92. The monoisotopic (exact) mass is 372 g/mol. The van der Waals surface area contributed by atoms with Gasteiger partial charge in [-0.05, 0) is 48.5 Å². The Kier molecular flexibility index (Phi) is 6.52. The number of anilines is 1. The Hall–Kier alpha value is -2.76. The minimum absolute atomic E-state index is 0.141. The van der Waals surface area contributed by atoms with Gasteiger partial charge >= 0.3 is 0 Å². The first kappa shape index (κ1) is 19.0. The van der Waals surface area contributed by atoms with Gasteiger partial charge in [-0.3, -0.25) is 4.79 Å². The fraction of sp³-hybridized carbons (Fsp3) is 0.381. The summed E-state index contributed by atoms with van der Waals surface area (Å²) in [4.78, 5) is 15.5. The van der Waals surface area contributed by atoms with Gasteiger partial charge < -0.3 is 19.3 Å². The Morgan fingerprint density at radius 2 is 1.41 bits per heavy atom. The second kappa shape index (κ2) is 9.26. The zero-order valence-corrected chi connectivity index (χ0v) is 15.6. The molecule has 3 rings (SSSR count). The van der Waals surface area contributed by atoms with E-state index in [1.165, 1.54) is 12.1 Å². The number of amides is 1. The van der Waals surface area contributed by atoms with E-state index in [1.807, 2.05) is 29.2 Å². The lowest BCUT2D eigenvalue weighted by molar-refractivity contribution is -0.129. The van der Waals surface area contributed by atoms with Crippen LogP contribution in [0.1, 0.15) is 13.3 Å². The molecule has 1 amide bonds. The summed E-state index contributed by atoms with van der Waals surface area (Å²) in [5.41, 5.74) is 1.14. The number of carbonyl (C=O) groups is 1. The van der Waals surface area contributed by atoms with Crippen molar-refractivity contribution in [2.45, 2.75) is 13.3 Å². The number of piperazine rings is 1. The fourth-order valence-corrected chi connectivity index (χ4v) is 3.00. The second-order valence-electron chi connectivity index (χ2n) is 6.49. The molecule has 0 spiro atoms. The molecule has 27 heavy (non-hydrogen) atoms. The molecule has 6 heteroatoms. The molecular formula is C21H25FN2O3. The van der Waals surface area contributed by atoms with E-state index in [9.17, 15) is 9.18 Å². The largest absolute Gasteiger partial charge is 0.493 e. The highest BCUT2D eigenvalue weighted by molar-refractivity contribution is 5.73. The third-order valence-corrected chi connectivity index (χ3v) is 4.57. The lowest BCUT2D eigenvalue weighted by Gasteiger charge is -2.35. The van der Waals surface area contributed by atoms with Gasteiger partial charge in [-0.2, -0.15) is 0 Å². The first-order chi connectivity index (χ1) is 13.1. The van der Waals surface area contributed by atoms with E-state index in [1.54, 1.807) is 19.1 Å². The van der Waals surface area contributed by atoms with Crippen LogP contribution >= 0.6 is 0 Å². The van der Waals surface area contributed by atoms with Gasteiger partial charge in [-0.1, -0.05) is 0 Å². The van der Waals surface area contributed by atoms with Gasteiger partial charge in [-0.25, -0.2) is 4.39 Å². The molecule has 1 fully saturated rings. The van der Waals surface area contributed by atoms with Crippen LogP contribution in [0.5, 0.6) is 11.5 Å². The number of carbonyl (C=O) groups excluding carboxylic acids is 1. The predicted molar refractivity (Wildman–Crippen MR) is 103 cm³/mol. The van der Waals surface area contributed by atoms with Crippen LogP contribution < -0.4 is 14.4 Å². The van der Waals surface area contributed by atoms with Crippen molar-refractivity contribution in [1.29, 1.82) is 0 Å². The molecule has 0 atom stereocenters. The van der Waals surface area contributed by atoms with E-state index >= 15 is 0 Å². The van der Waals surface area contributed by atoms with Crippen molar-refractivity contribution in [3.8, 4) is 11.5 Å². The highest BCUT2D eigenvalue weighted by Crippen LogP contribution is 2.21. The number of ether oxygens (including phenoxy) is 2. The van der Waals surface area contributed by atoms with Crippen molar-refractivity contribution in [1.82, 2.24) is 4.90 Å². The SMILES string of the molecule is CC(=O)N1CCN(c2ccc(OCCCOc3ccc(F)cc3)cc2)CC1. The smallest absolute Gasteiger partial charge is 0.219 e. The summed E-state index contributed by atoms with van der Waals surface area (Å²) in [5, 5.41) is 0. The van der Waals surface area contributed by atoms with Crippen LogP contribution in [-0.2, 0) is 4.79 Å². The van der Waals surface area contributed by atoms with Crippen molar-refractivity contribution in [3.63, 3.8) is 0 Å². The van der Waals surface area contributed by atoms with Gasteiger partial charge in [0.15, 0.2) is 0 Å². The van der Waals surface area contributed by atoms with E-state index in [-0.39, 0.29) is 11.7 Å². The number of hydrogen-bond acceptors (Lipinski definition) is 4. The topological polar surface area (TPSA) is 42.0 Å². The van der Waals surface area contributed by atoms with Crippen molar-refractivity contribution >= 4 is 11.6 Å². The Morgan fingerprint density at radius 1 is 0.889 bits per heavy atom. The molecule has 0 bridgehead atoms. The summed E-state index contributed by atoms with van der Waals surface area (Å²) in [6.07, 6.45) is 0.742. The van der Waals surface area contributed by atoms with E-state index in [2.05, 4.69) is 4.90 Å². The first-order valence-electron chi connectivity index (χ1n) is 9.23. The Balaban J connectivity index is 1.37. The van der Waals surface area contributed by atoms with Gasteiger partial charge in [0.1, 0.15) is 17.3 Å². The number of benzene rings is 2. The maximum atomic E-state index is 12.8. The summed E-state index contributed by atoms with van der Waals surface area (Å²) >= 11 is 0. The van der Waals surface area contributed by atoms with E-state index in [4.69, 9.17) is 9.47 Å². The third kappa shape index (κ3) is 5.61. The summed E-state index contributed by atoms with van der Waals surface area (Å²) < 4.78 is 24.1. The molecule has 0 N–H and O–H groups in total. The third-order valence-electron chi connectivity index (χ3n) is 4.57. The molecule has 0 aromatic heterocycles. The highest BCUT2D eigenvalue weighted by Gasteiger charge is 2.18. The molecule has 1 aliphatic heterocycles. The van der Waals surface area contributed by atoms with E-state index in [0.717, 1.165) is 44.0 Å². The zero-order valence-electron chi connectivity index (χ0n) is 15.6. The Labute approximate surface area is 159 Å². The van der Waals surface area contributed by atoms with Crippen molar-refractivity contribution in [3.05, 3.63) is 54.3 Å². The van der Waals surface area contributed by atoms with Crippen LogP contribution in [0.25, 0.3) is 0 Å². The molecule has 1 heterocycles. The van der Waals surface area contributed by atoms with Gasteiger partial charge in [-0.15, -0.1) is 0 Å². The number of hydrogen-bond donors (Lipinski definition) is 0. The van der Waals surface area contributed by atoms with Crippen molar-refractivity contribution in [2.75, 3.05) is 44.3 Å². The standard InChI is InChI=1S/C21H25FN2O3/c1-17(25)23-11-13-24(14-12-23)19-5-9-21(10-6-19)27-16-2-15-26-20-7-3-18(22)4-8-20/h3-10H,2,11-16H2,1H3. The molecule has 0 radical (unpaired) electrons. The summed E-state index contributed by atoms with van der Waals surface area (Å²) in [5.74, 6) is 1.35. The average Bonchev–Trinajstić information content (AvgIpc) is 2.70. The predicted octanol–water partition coefficient (Wildman–Crippen LogP) is 3.34. The van der Waals surface area contributed by atoms with Crippen LogP contribution in [0.2, 0.25) is 0 Å². The average molecular weight is 372 g/mol. The summed E-state index contributed by atoms with van der Waals surface area (Å²) in [7, 11) is 0. The highest BCUT2D eigenvalue weighted by atomic mass is 19.1. The lowest BCUT2D eigenvalue weighted by atomic mass is 10.2. The van der Waals surface area contributed by atoms with Crippen LogP contribution in [0.15, 0.2) is 48.5 Å².